The molecule has 0 aliphatic rings. The van der Waals surface area contributed by atoms with Gasteiger partial charge in [0.25, 0.3) is 0 Å². The van der Waals surface area contributed by atoms with E-state index in [4.69, 9.17) is 5.11 Å². The minimum Gasteiger partial charge on any atom is -0.396 e. The van der Waals surface area contributed by atoms with Crippen molar-refractivity contribution in [2.24, 2.45) is 7.05 Å². The summed E-state index contributed by atoms with van der Waals surface area (Å²) in [4.78, 5) is 0. The van der Waals surface area contributed by atoms with Crippen LogP contribution in [0.4, 0.5) is 0 Å². The highest BCUT2D eigenvalue weighted by molar-refractivity contribution is 5.59. The van der Waals surface area contributed by atoms with E-state index >= 15 is 0 Å². The van der Waals surface area contributed by atoms with Gasteiger partial charge in [0, 0.05) is 31.3 Å². The van der Waals surface area contributed by atoms with Crippen molar-refractivity contribution < 1.29 is 5.11 Å². The van der Waals surface area contributed by atoms with Crippen LogP contribution in [0.25, 0.3) is 11.3 Å². The molecule has 2 aromatic rings. The van der Waals surface area contributed by atoms with E-state index in [0.29, 0.717) is 6.42 Å². The van der Waals surface area contributed by atoms with Crippen LogP contribution < -0.4 is 0 Å². The molecule has 0 fully saturated rings. The number of aliphatic hydroxyl groups excluding tert-OH is 1. The van der Waals surface area contributed by atoms with Gasteiger partial charge in [0.05, 0.1) is 5.69 Å². The Morgan fingerprint density at radius 3 is 2.67 bits per heavy atom. The van der Waals surface area contributed by atoms with Gasteiger partial charge in [0.2, 0.25) is 0 Å². The molecule has 0 aliphatic heterocycles. The van der Waals surface area contributed by atoms with Crippen molar-refractivity contribution in [3.63, 3.8) is 0 Å². The van der Waals surface area contributed by atoms with Crippen LogP contribution in [0, 0.1) is 0 Å². The molecule has 1 heterocycles. The third kappa shape index (κ3) is 2.07. The van der Waals surface area contributed by atoms with Crippen molar-refractivity contribution in [1.29, 1.82) is 0 Å². The molecule has 0 atom stereocenters. The average Bonchev–Trinajstić information content (AvgIpc) is 2.63. The highest BCUT2D eigenvalue weighted by Gasteiger charge is 2.05. The number of benzene rings is 1. The smallest absolute Gasteiger partial charge is 0.0925 e. The first-order valence-electron chi connectivity index (χ1n) is 5.00. The van der Waals surface area contributed by atoms with Gasteiger partial charge in [-0.3, -0.25) is 4.68 Å². The van der Waals surface area contributed by atoms with Crippen LogP contribution >= 0.6 is 0 Å². The van der Waals surface area contributed by atoms with Crippen LogP contribution in [-0.4, -0.2) is 21.5 Å². The third-order valence-corrected chi connectivity index (χ3v) is 2.41. The molecule has 78 valence electrons. The predicted molar refractivity (Wildman–Crippen MR) is 59.4 cm³/mol. The van der Waals surface area contributed by atoms with E-state index in [0.717, 1.165) is 17.0 Å². The molecule has 2 rings (SSSR count). The normalized spacial score (nSPS) is 10.5. The van der Waals surface area contributed by atoms with Crippen molar-refractivity contribution >= 4 is 0 Å². The summed E-state index contributed by atoms with van der Waals surface area (Å²) in [6.45, 7) is 0.160. The number of rotatable bonds is 3. The van der Waals surface area contributed by atoms with Gasteiger partial charge < -0.3 is 5.11 Å². The maximum atomic E-state index is 8.88. The monoisotopic (exact) mass is 202 g/mol. The molecule has 0 saturated heterocycles. The van der Waals surface area contributed by atoms with E-state index in [1.165, 1.54) is 0 Å². The lowest BCUT2D eigenvalue weighted by molar-refractivity contribution is 0.296. The molecule has 3 heteroatoms. The van der Waals surface area contributed by atoms with Crippen molar-refractivity contribution in [1.82, 2.24) is 9.78 Å². The molecule has 3 nitrogen and oxygen atoms in total. The maximum Gasteiger partial charge on any atom is 0.0925 e. The Morgan fingerprint density at radius 1 is 1.27 bits per heavy atom. The fraction of sp³-hybridized carbons (Fsp3) is 0.250. The standard InChI is InChI=1S/C12H14N2O/c1-14-11(7-8-15)9-12(13-14)10-5-3-2-4-6-10/h2-6,9,15H,7-8H2,1H3. The molecule has 0 aliphatic carbocycles. The molecule has 15 heavy (non-hydrogen) atoms. The summed E-state index contributed by atoms with van der Waals surface area (Å²) in [5.74, 6) is 0. The van der Waals surface area contributed by atoms with Gasteiger partial charge in [0.15, 0.2) is 0 Å². The highest BCUT2D eigenvalue weighted by atomic mass is 16.3. The number of hydrogen-bond acceptors (Lipinski definition) is 2. The number of hydrogen-bond donors (Lipinski definition) is 1. The van der Waals surface area contributed by atoms with Gasteiger partial charge in [0.1, 0.15) is 0 Å². The molecule has 1 N–H and O–H groups in total. The highest BCUT2D eigenvalue weighted by Crippen LogP contribution is 2.18. The number of nitrogens with zero attached hydrogens (tertiary/aromatic N) is 2. The molecule has 0 radical (unpaired) electrons. The molecule has 1 aromatic heterocycles. The summed E-state index contributed by atoms with van der Waals surface area (Å²) in [5.41, 5.74) is 3.12. The zero-order valence-electron chi connectivity index (χ0n) is 8.72. The summed E-state index contributed by atoms with van der Waals surface area (Å²) in [5, 5.41) is 13.3. The van der Waals surface area contributed by atoms with Crippen LogP contribution in [0.2, 0.25) is 0 Å². The number of aryl methyl sites for hydroxylation is 1. The second-order valence-electron chi connectivity index (χ2n) is 3.48. The minimum absolute atomic E-state index is 0.160. The van der Waals surface area contributed by atoms with Crippen LogP contribution in [0.1, 0.15) is 5.69 Å². The second-order valence-corrected chi connectivity index (χ2v) is 3.48. The Hall–Kier alpha value is -1.61. The van der Waals surface area contributed by atoms with Gasteiger partial charge >= 0.3 is 0 Å². The van der Waals surface area contributed by atoms with E-state index in [1.54, 1.807) is 0 Å². The molecule has 0 saturated carbocycles. The first-order valence-corrected chi connectivity index (χ1v) is 5.00. The summed E-state index contributed by atoms with van der Waals surface area (Å²) in [6, 6.07) is 12.1. The zero-order valence-corrected chi connectivity index (χ0v) is 8.72. The molecule has 0 unspecified atom stereocenters. The lowest BCUT2D eigenvalue weighted by Gasteiger charge is -1.95. The Bertz CT molecular complexity index is 434. The van der Waals surface area contributed by atoms with Crippen LogP contribution in [0.5, 0.6) is 0 Å². The Balaban J connectivity index is 2.34. The lowest BCUT2D eigenvalue weighted by Crippen LogP contribution is -2.00. The fourth-order valence-corrected chi connectivity index (χ4v) is 1.60. The largest absolute Gasteiger partial charge is 0.396 e. The quantitative estimate of drug-likeness (QED) is 0.821. The molecule has 0 bridgehead atoms. The first-order chi connectivity index (χ1) is 7.31. The van der Waals surface area contributed by atoms with E-state index in [1.807, 2.05) is 48.1 Å². The van der Waals surface area contributed by atoms with Gasteiger partial charge in [-0.25, -0.2) is 0 Å². The summed E-state index contributed by atoms with van der Waals surface area (Å²) >= 11 is 0. The zero-order chi connectivity index (χ0) is 10.7. The molecular weight excluding hydrogens is 188 g/mol. The van der Waals surface area contributed by atoms with E-state index in [-0.39, 0.29) is 6.61 Å². The number of aliphatic hydroxyl groups is 1. The first kappa shape index (κ1) is 9.93. The van der Waals surface area contributed by atoms with Gasteiger partial charge in [-0.2, -0.15) is 5.10 Å². The van der Waals surface area contributed by atoms with Crippen molar-refractivity contribution in [2.75, 3.05) is 6.61 Å². The molecule has 0 amide bonds. The number of aromatic nitrogens is 2. The summed E-state index contributed by atoms with van der Waals surface area (Å²) in [7, 11) is 1.90. The Labute approximate surface area is 89.0 Å². The van der Waals surface area contributed by atoms with Crippen molar-refractivity contribution in [3.05, 3.63) is 42.1 Å². The maximum absolute atomic E-state index is 8.88. The van der Waals surface area contributed by atoms with Crippen LogP contribution in [0.15, 0.2) is 36.4 Å². The minimum atomic E-state index is 0.160. The summed E-state index contributed by atoms with van der Waals surface area (Å²) in [6.07, 6.45) is 0.649. The second kappa shape index (κ2) is 4.28. The lowest BCUT2D eigenvalue weighted by atomic mass is 10.1. The SMILES string of the molecule is Cn1nc(-c2ccccc2)cc1CCO. The van der Waals surface area contributed by atoms with Crippen LogP contribution in [0.3, 0.4) is 0 Å². The van der Waals surface area contributed by atoms with E-state index in [2.05, 4.69) is 5.10 Å². The fourth-order valence-electron chi connectivity index (χ4n) is 1.60. The predicted octanol–water partition coefficient (Wildman–Crippen LogP) is 1.62. The Morgan fingerprint density at radius 2 is 2.00 bits per heavy atom. The Kier molecular flexibility index (Phi) is 2.83. The van der Waals surface area contributed by atoms with Crippen LogP contribution in [-0.2, 0) is 13.5 Å². The molecular formula is C12H14N2O. The van der Waals surface area contributed by atoms with Crippen molar-refractivity contribution in [3.8, 4) is 11.3 Å². The van der Waals surface area contributed by atoms with Crippen molar-refractivity contribution in [2.45, 2.75) is 6.42 Å². The average molecular weight is 202 g/mol. The topological polar surface area (TPSA) is 38.0 Å². The molecule has 1 aromatic carbocycles. The van der Waals surface area contributed by atoms with Gasteiger partial charge in [-0.1, -0.05) is 30.3 Å². The summed E-state index contributed by atoms with van der Waals surface area (Å²) < 4.78 is 1.82. The van der Waals surface area contributed by atoms with Gasteiger partial charge in [-0.05, 0) is 6.07 Å². The van der Waals surface area contributed by atoms with E-state index in [9.17, 15) is 0 Å². The van der Waals surface area contributed by atoms with Gasteiger partial charge in [-0.15, -0.1) is 0 Å². The third-order valence-electron chi connectivity index (χ3n) is 2.41. The molecule has 0 spiro atoms. The van der Waals surface area contributed by atoms with E-state index < -0.39 is 0 Å².